The van der Waals surface area contributed by atoms with E-state index in [4.69, 9.17) is 0 Å². The quantitative estimate of drug-likeness (QED) is 0.402. The number of benzene rings is 1. The van der Waals surface area contributed by atoms with E-state index < -0.39 is 5.41 Å². The number of aryl methyl sites for hydroxylation is 1. The Bertz CT molecular complexity index is 620. The smallest absolute Gasteiger partial charge is 0.235 e. The number of carbonyl (C=O) groups excluding carboxylic acids is 2. The average molecular weight is 357 g/mol. The summed E-state index contributed by atoms with van der Waals surface area (Å²) in [5, 5.41) is 5.83. The highest BCUT2D eigenvalue weighted by atomic mass is 16.2. The highest BCUT2D eigenvalue weighted by molar-refractivity contribution is 6.04. The summed E-state index contributed by atoms with van der Waals surface area (Å²) in [5.41, 5.74) is 1.64. The Morgan fingerprint density at radius 2 is 1.65 bits per heavy atom. The van der Waals surface area contributed by atoms with E-state index in [1.165, 1.54) is 24.0 Å². The van der Waals surface area contributed by atoms with E-state index in [-0.39, 0.29) is 11.8 Å². The third kappa shape index (κ3) is 6.32. The summed E-state index contributed by atoms with van der Waals surface area (Å²) in [7, 11) is 0. The molecule has 2 rings (SSSR count). The molecule has 1 aromatic rings. The fourth-order valence-corrected chi connectivity index (χ4v) is 3.15. The molecule has 1 aliphatic rings. The van der Waals surface area contributed by atoms with Gasteiger partial charge in [-0.15, -0.1) is 0 Å². The molecule has 0 saturated carbocycles. The minimum absolute atomic E-state index is 0.200. The largest absolute Gasteiger partial charge is 0.355 e. The first-order valence-electron chi connectivity index (χ1n) is 9.78. The molecular weight excluding hydrogens is 324 g/mol. The minimum atomic E-state index is -1.05. The molecule has 0 heterocycles. The first kappa shape index (κ1) is 20.2. The molecule has 0 saturated heterocycles. The van der Waals surface area contributed by atoms with E-state index in [1.54, 1.807) is 13.8 Å². The van der Waals surface area contributed by atoms with Gasteiger partial charge in [-0.05, 0) is 64.4 Å². The van der Waals surface area contributed by atoms with Crippen LogP contribution in [-0.2, 0) is 16.0 Å². The van der Waals surface area contributed by atoms with Gasteiger partial charge in [-0.25, -0.2) is 0 Å². The Kier molecular flexibility index (Phi) is 7.89. The Morgan fingerprint density at radius 1 is 0.962 bits per heavy atom. The van der Waals surface area contributed by atoms with E-state index >= 15 is 0 Å². The van der Waals surface area contributed by atoms with Crippen LogP contribution in [0.15, 0.2) is 42.0 Å². The number of hydrogen-bond donors (Lipinski definition) is 2. The second-order valence-corrected chi connectivity index (χ2v) is 7.58. The van der Waals surface area contributed by atoms with Crippen LogP contribution in [0.3, 0.4) is 0 Å². The van der Waals surface area contributed by atoms with Crippen molar-refractivity contribution < 1.29 is 9.59 Å². The molecule has 1 aromatic carbocycles. The minimum Gasteiger partial charge on any atom is -0.355 e. The lowest BCUT2D eigenvalue weighted by Gasteiger charge is -2.23. The molecule has 0 unspecified atom stereocenters. The van der Waals surface area contributed by atoms with Gasteiger partial charge < -0.3 is 10.6 Å². The van der Waals surface area contributed by atoms with Gasteiger partial charge >= 0.3 is 0 Å². The maximum Gasteiger partial charge on any atom is 0.235 e. The number of allylic oxidation sites excluding steroid dienone is 1. The van der Waals surface area contributed by atoms with Crippen molar-refractivity contribution in [3.63, 3.8) is 0 Å². The monoisotopic (exact) mass is 356 g/mol. The van der Waals surface area contributed by atoms with Crippen molar-refractivity contribution in [3.05, 3.63) is 47.5 Å². The maximum absolute atomic E-state index is 12.4. The summed E-state index contributed by atoms with van der Waals surface area (Å²) < 4.78 is 0. The van der Waals surface area contributed by atoms with Crippen LogP contribution in [0.4, 0.5) is 0 Å². The summed E-state index contributed by atoms with van der Waals surface area (Å²) in [4.78, 5) is 24.8. The molecule has 142 valence electrons. The van der Waals surface area contributed by atoms with Gasteiger partial charge in [0.1, 0.15) is 5.41 Å². The molecule has 0 aliphatic heterocycles. The highest BCUT2D eigenvalue weighted by Crippen LogP contribution is 2.20. The van der Waals surface area contributed by atoms with Crippen LogP contribution >= 0.6 is 0 Å². The molecule has 0 atom stereocenters. The fourth-order valence-electron chi connectivity index (χ4n) is 3.15. The van der Waals surface area contributed by atoms with Gasteiger partial charge in [0.05, 0.1) is 0 Å². The van der Waals surface area contributed by atoms with Crippen LogP contribution in [0.5, 0.6) is 0 Å². The predicted octanol–water partition coefficient (Wildman–Crippen LogP) is 3.77. The first-order valence-corrected chi connectivity index (χ1v) is 9.78. The maximum atomic E-state index is 12.4. The van der Waals surface area contributed by atoms with Crippen molar-refractivity contribution >= 4 is 11.8 Å². The Labute approximate surface area is 157 Å². The molecule has 4 heteroatoms. The van der Waals surface area contributed by atoms with Gasteiger partial charge in [-0.3, -0.25) is 9.59 Å². The Morgan fingerprint density at radius 3 is 2.31 bits per heavy atom. The topological polar surface area (TPSA) is 58.2 Å². The average Bonchev–Trinajstić information content (AvgIpc) is 2.66. The molecule has 0 bridgehead atoms. The number of nitrogens with one attached hydrogen (secondary N) is 2. The number of carbonyl (C=O) groups is 2. The highest BCUT2D eigenvalue weighted by Gasteiger charge is 2.35. The van der Waals surface area contributed by atoms with Crippen LogP contribution in [0.2, 0.25) is 0 Å². The summed E-state index contributed by atoms with van der Waals surface area (Å²) in [6, 6.07) is 10.2. The van der Waals surface area contributed by atoms with Gasteiger partial charge in [-0.2, -0.15) is 0 Å². The van der Waals surface area contributed by atoms with E-state index in [1.807, 2.05) is 18.2 Å². The molecule has 2 N–H and O–H groups in total. The van der Waals surface area contributed by atoms with Gasteiger partial charge in [0.2, 0.25) is 11.8 Å². The van der Waals surface area contributed by atoms with E-state index in [9.17, 15) is 9.59 Å². The third-order valence-electron chi connectivity index (χ3n) is 5.02. The molecule has 2 amide bonds. The Hall–Kier alpha value is -2.10. The van der Waals surface area contributed by atoms with Crippen LogP contribution in [0.25, 0.3) is 0 Å². The lowest BCUT2D eigenvalue weighted by Crippen LogP contribution is -2.48. The zero-order valence-corrected chi connectivity index (χ0v) is 16.1. The van der Waals surface area contributed by atoms with E-state index in [2.05, 4.69) is 28.8 Å². The summed E-state index contributed by atoms with van der Waals surface area (Å²) in [5.74, 6) is -0.408. The fraction of sp³-hybridized carbons (Fsp3) is 0.545. The molecule has 26 heavy (non-hydrogen) atoms. The second-order valence-electron chi connectivity index (χ2n) is 7.58. The number of rotatable bonds is 9. The van der Waals surface area contributed by atoms with Crippen molar-refractivity contribution in [3.8, 4) is 0 Å². The summed E-state index contributed by atoms with van der Waals surface area (Å²) >= 11 is 0. The summed E-state index contributed by atoms with van der Waals surface area (Å²) in [6.45, 7) is 4.57. The second kappa shape index (κ2) is 10.1. The van der Waals surface area contributed by atoms with Crippen LogP contribution in [-0.4, -0.2) is 24.9 Å². The van der Waals surface area contributed by atoms with Crippen LogP contribution < -0.4 is 10.6 Å². The zero-order valence-electron chi connectivity index (χ0n) is 16.1. The number of hydrogen-bond acceptors (Lipinski definition) is 2. The van der Waals surface area contributed by atoms with Gasteiger partial charge in [0.15, 0.2) is 0 Å². The van der Waals surface area contributed by atoms with Gasteiger partial charge in [0, 0.05) is 13.1 Å². The van der Waals surface area contributed by atoms with Gasteiger partial charge in [-0.1, -0.05) is 42.0 Å². The lowest BCUT2D eigenvalue weighted by atomic mass is 9.90. The number of amides is 2. The van der Waals surface area contributed by atoms with Crippen LogP contribution in [0.1, 0.15) is 57.9 Å². The Balaban J connectivity index is 1.68. The molecule has 0 spiro atoms. The third-order valence-corrected chi connectivity index (χ3v) is 5.02. The molecule has 0 radical (unpaired) electrons. The van der Waals surface area contributed by atoms with E-state index in [0.29, 0.717) is 13.1 Å². The van der Waals surface area contributed by atoms with Crippen molar-refractivity contribution in [1.82, 2.24) is 10.6 Å². The SMILES string of the molecule is CC(C)(C(=O)NCCCc1ccccc1)C(=O)NCCC1=CCCCC1. The molecule has 0 aromatic heterocycles. The van der Waals surface area contributed by atoms with Crippen LogP contribution in [0, 0.1) is 5.41 Å². The molecule has 0 fully saturated rings. The molecular formula is C22H32N2O2. The van der Waals surface area contributed by atoms with Crippen molar-refractivity contribution in [2.24, 2.45) is 5.41 Å². The molecule has 1 aliphatic carbocycles. The van der Waals surface area contributed by atoms with Crippen molar-refractivity contribution in [1.29, 1.82) is 0 Å². The predicted molar refractivity (Wildman–Crippen MR) is 106 cm³/mol. The standard InChI is InChI=1S/C22H32N2O2/c1-22(2,21(26)24-17-15-19-12-7-4-8-13-19)20(25)23-16-9-14-18-10-5-3-6-11-18/h3,5-6,10-12H,4,7-9,13-17H2,1-2H3,(H,23,25)(H,24,26). The normalized spacial score (nSPS) is 14.5. The first-order chi connectivity index (χ1) is 12.5. The van der Waals surface area contributed by atoms with Crippen molar-refractivity contribution in [2.75, 3.05) is 13.1 Å². The molecule has 4 nitrogen and oxygen atoms in total. The van der Waals surface area contributed by atoms with Crippen molar-refractivity contribution in [2.45, 2.75) is 58.8 Å². The van der Waals surface area contributed by atoms with Gasteiger partial charge in [0.25, 0.3) is 0 Å². The summed E-state index contributed by atoms with van der Waals surface area (Å²) in [6.07, 6.45) is 9.77. The zero-order chi connectivity index (χ0) is 18.8. The van der Waals surface area contributed by atoms with E-state index in [0.717, 1.165) is 32.1 Å². The lowest BCUT2D eigenvalue weighted by molar-refractivity contribution is -0.141.